The Kier molecular flexibility index (Phi) is 7.71. The van der Waals surface area contributed by atoms with Gasteiger partial charge in [0, 0.05) is 12.6 Å². The number of rotatable bonds is 4. The predicted octanol–water partition coefficient (Wildman–Crippen LogP) is 2.15. The molecule has 0 amide bonds. The molecule has 1 aliphatic rings. The summed E-state index contributed by atoms with van der Waals surface area (Å²) in [6.07, 6.45) is 2.37. The van der Waals surface area contributed by atoms with Gasteiger partial charge in [0.2, 0.25) is 0 Å². The average Bonchev–Trinajstić information content (AvgIpc) is 2.50. The second-order valence-electron chi connectivity index (χ2n) is 6.22. The molecule has 1 aliphatic heterocycles. The third-order valence-electron chi connectivity index (χ3n) is 3.61. The van der Waals surface area contributed by atoms with Gasteiger partial charge in [0.15, 0.2) is 0 Å². The summed E-state index contributed by atoms with van der Waals surface area (Å²) in [5.74, 6) is -1.46. The molecule has 0 unspecified atom stereocenters. The number of nitrogens with zero attached hydrogens (tertiary/aromatic N) is 1. The van der Waals surface area contributed by atoms with Crippen LogP contribution in [-0.4, -0.2) is 52.7 Å². The minimum atomic E-state index is -1.13. The molecule has 0 bridgehead atoms. The summed E-state index contributed by atoms with van der Waals surface area (Å²) in [5, 5.41) is 17.0. The van der Waals surface area contributed by atoms with Crippen molar-refractivity contribution in [1.82, 2.24) is 4.90 Å². The van der Waals surface area contributed by atoms with Crippen LogP contribution in [0.15, 0.2) is 24.3 Å². The number of carboxylic acid groups (broad SMARTS) is 2. The lowest BCUT2D eigenvalue weighted by molar-refractivity contribution is 0.0696. The van der Waals surface area contributed by atoms with Crippen molar-refractivity contribution in [3.63, 3.8) is 0 Å². The van der Waals surface area contributed by atoms with Crippen molar-refractivity contribution in [1.29, 1.82) is 0 Å². The molecule has 0 aromatic heterocycles. The number of nitrogens with two attached hydrogens (primary N) is 1. The van der Waals surface area contributed by atoms with E-state index in [1.54, 1.807) is 0 Å². The standard InChI is InChI=1S/C9H20N2.C8H6O4/c1-8(2)7-11-5-3-9(10)4-6-11;9-7(10)5-2-1-3-6(4-5)8(11)12/h8-9H,3-7,10H2,1-2H3;1-4H,(H,9,10)(H,11,12). The molecule has 0 aliphatic carbocycles. The highest BCUT2D eigenvalue weighted by molar-refractivity contribution is 5.93. The van der Waals surface area contributed by atoms with Crippen LogP contribution in [0.2, 0.25) is 0 Å². The Morgan fingerprint density at radius 2 is 1.65 bits per heavy atom. The fraction of sp³-hybridized carbons (Fsp3) is 0.529. The lowest BCUT2D eigenvalue weighted by Crippen LogP contribution is -2.41. The van der Waals surface area contributed by atoms with Crippen LogP contribution in [0.1, 0.15) is 47.4 Å². The van der Waals surface area contributed by atoms with Gasteiger partial charge in [-0.15, -0.1) is 0 Å². The van der Waals surface area contributed by atoms with Crippen molar-refractivity contribution in [2.75, 3.05) is 19.6 Å². The van der Waals surface area contributed by atoms with Gasteiger partial charge in [-0.3, -0.25) is 0 Å². The highest BCUT2D eigenvalue weighted by Crippen LogP contribution is 2.09. The smallest absolute Gasteiger partial charge is 0.335 e. The van der Waals surface area contributed by atoms with E-state index in [4.69, 9.17) is 15.9 Å². The van der Waals surface area contributed by atoms with Crippen LogP contribution in [0, 0.1) is 5.92 Å². The number of piperidine rings is 1. The summed E-state index contributed by atoms with van der Waals surface area (Å²) < 4.78 is 0. The molecule has 4 N–H and O–H groups in total. The summed E-state index contributed by atoms with van der Waals surface area (Å²) >= 11 is 0. The molecule has 1 heterocycles. The Hall–Kier alpha value is -1.92. The minimum absolute atomic E-state index is 0.0186. The van der Waals surface area contributed by atoms with Crippen molar-refractivity contribution >= 4 is 11.9 Å². The molecule has 0 atom stereocenters. The van der Waals surface area contributed by atoms with Crippen molar-refractivity contribution < 1.29 is 19.8 Å². The molecule has 1 fully saturated rings. The lowest BCUT2D eigenvalue weighted by Gasteiger charge is -2.31. The van der Waals surface area contributed by atoms with E-state index in [-0.39, 0.29) is 11.1 Å². The molecule has 1 saturated heterocycles. The summed E-state index contributed by atoms with van der Waals surface area (Å²) in [6, 6.07) is 5.67. The number of hydrogen-bond acceptors (Lipinski definition) is 4. The number of carboxylic acids is 2. The van der Waals surface area contributed by atoms with E-state index in [1.807, 2.05) is 0 Å². The topological polar surface area (TPSA) is 104 Å². The highest BCUT2D eigenvalue weighted by atomic mass is 16.4. The summed E-state index contributed by atoms with van der Waals surface area (Å²) in [6.45, 7) is 8.20. The van der Waals surface area contributed by atoms with E-state index in [0.717, 1.165) is 12.0 Å². The number of hydrogen-bond donors (Lipinski definition) is 3. The summed E-state index contributed by atoms with van der Waals surface area (Å²) in [7, 11) is 0. The largest absolute Gasteiger partial charge is 0.478 e. The summed E-state index contributed by atoms with van der Waals surface area (Å²) in [5.41, 5.74) is 5.76. The fourth-order valence-electron chi connectivity index (χ4n) is 2.44. The molecular formula is C17H26N2O4. The van der Waals surface area contributed by atoms with E-state index in [9.17, 15) is 9.59 Å². The minimum Gasteiger partial charge on any atom is -0.478 e. The Morgan fingerprint density at radius 3 is 2.04 bits per heavy atom. The summed E-state index contributed by atoms with van der Waals surface area (Å²) in [4.78, 5) is 23.3. The Labute approximate surface area is 136 Å². The normalized spacial score (nSPS) is 15.8. The second-order valence-corrected chi connectivity index (χ2v) is 6.22. The van der Waals surface area contributed by atoms with Crippen molar-refractivity contribution in [3.8, 4) is 0 Å². The molecule has 1 aromatic carbocycles. The second kappa shape index (κ2) is 9.27. The monoisotopic (exact) mass is 322 g/mol. The van der Waals surface area contributed by atoms with Gasteiger partial charge in [0.1, 0.15) is 0 Å². The molecule has 1 aromatic rings. The van der Waals surface area contributed by atoms with E-state index in [1.165, 1.54) is 50.7 Å². The van der Waals surface area contributed by atoms with Gasteiger partial charge in [-0.05, 0) is 50.0 Å². The van der Waals surface area contributed by atoms with E-state index in [0.29, 0.717) is 6.04 Å². The third kappa shape index (κ3) is 7.25. The zero-order valence-corrected chi connectivity index (χ0v) is 13.7. The predicted molar refractivity (Wildman–Crippen MR) is 88.8 cm³/mol. The fourth-order valence-corrected chi connectivity index (χ4v) is 2.44. The number of likely N-dealkylation sites (tertiary alicyclic amines) is 1. The van der Waals surface area contributed by atoms with Crippen LogP contribution < -0.4 is 5.73 Å². The van der Waals surface area contributed by atoms with E-state index < -0.39 is 11.9 Å². The quantitative estimate of drug-likeness (QED) is 0.784. The Morgan fingerprint density at radius 1 is 1.17 bits per heavy atom. The first-order valence-corrected chi connectivity index (χ1v) is 7.84. The van der Waals surface area contributed by atoms with Crippen LogP contribution in [0.25, 0.3) is 0 Å². The number of benzene rings is 1. The molecule has 6 heteroatoms. The van der Waals surface area contributed by atoms with E-state index in [2.05, 4.69) is 18.7 Å². The third-order valence-corrected chi connectivity index (χ3v) is 3.61. The van der Waals surface area contributed by atoms with Crippen LogP contribution >= 0.6 is 0 Å². The van der Waals surface area contributed by atoms with Gasteiger partial charge in [0.05, 0.1) is 11.1 Å². The van der Waals surface area contributed by atoms with Crippen LogP contribution in [0.5, 0.6) is 0 Å². The van der Waals surface area contributed by atoms with Gasteiger partial charge < -0.3 is 20.8 Å². The number of carbonyl (C=O) groups is 2. The molecule has 23 heavy (non-hydrogen) atoms. The zero-order valence-electron chi connectivity index (χ0n) is 13.7. The molecule has 6 nitrogen and oxygen atoms in total. The van der Waals surface area contributed by atoms with Gasteiger partial charge >= 0.3 is 11.9 Å². The van der Waals surface area contributed by atoms with Gasteiger partial charge in [0.25, 0.3) is 0 Å². The maximum atomic E-state index is 10.4. The van der Waals surface area contributed by atoms with Crippen LogP contribution in [0.4, 0.5) is 0 Å². The average molecular weight is 322 g/mol. The van der Waals surface area contributed by atoms with Gasteiger partial charge in [-0.1, -0.05) is 19.9 Å². The molecule has 0 saturated carbocycles. The Balaban J connectivity index is 0.000000231. The van der Waals surface area contributed by atoms with Crippen LogP contribution in [0.3, 0.4) is 0 Å². The molecule has 128 valence electrons. The first-order chi connectivity index (χ1) is 10.8. The Bertz CT molecular complexity index is 494. The first-order valence-electron chi connectivity index (χ1n) is 7.84. The van der Waals surface area contributed by atoms with Gasteiger partial charge in [-0.2, -0.15) is 0 Å². The lowest BCUT2D eigenvalue weighted by atomic mass is 10.0. The maximum absolute atomic E-state index is 10.4. The molecule has 0 radical (unpaired) electrons. The first kappa shape index (κ1) is 19.1. The molecule has 2 rings (SSSR count). The number of aromatic carboxylic acids is 2. The van der Waals surface area contributed by atoms with Crippen molar-refractivity contribution in [2.45, 2.75) is 32.7 Å². The zero-order chi connectivity index (χ0) is 17.4. The molecular weight excluding hydrogens is 296 g/mol. The van der Waals surface area contributed by atoms with Crippen molar-refractivity contribution in [2.24, 2.45) is 11.7 Å². The van der Waals surface area contributed by atoms with E-state index >= 15 is 0 Å². The molecule has 0 spiro atoms. The highest BCUT2D eigenvalue weighted by Gasteiger charge is 2.15. The maximum Gasteiger partial charge on any atom is 0.335 e. The van der Waals surface area contributed by atoms with Gasteiger partial charge in [-0.25, -0.2) is 9.59 Å². The van der Waals surface area contributed by atoms with Crippen LogP contribution in [-0.2, 0) is 0 Å². The van der Waals surface area contributed by atoms with Crippen molar-refractivity contribution in [3.05, 3.63) is 35.4 Å². The SMILES string of the molecule is CC(C)CN1CCC(N)CC1.O=C(O)c1cccc(C(=O)O)c1.